The van der Waals surface area contributed by atoms with Crippen LogP contribution >= 0.6 is 11.6 Å². The first-order valence-corrected chi connectivity index (χ1v) is 6.71. The Balaban J connectivity index is 2.23. The van der Waals surface area contributed by atoms with Crippen LogP contribution in [-0.2, 0) is 12.9 Å². The van der Waals surface area contributed by atoms with E-state index < -0.39 is 0 Å². The van der Waals surface area contributed by atoms with E-state index in [0.717, 1.165) is 11.3 Å². The van der Waals surface area contributed by atoms with E-state index in [1.807, 2.05) is 23.1 Å². The predicted molar refractivity (Wildman–Crippen MR) is 74.1 cm³/mol. The van der Waals surface area contributed by atoms with Crippen LogP contribution in [0.1, 0.15) is 24.6 Å². The van der Waals surface area contributed by atoms with Crippen molar-refractivity contribution in [1.82, 2.24) is 24.3 Å². The third kappa shape index (κ3) is 1.96. The molecular weight excluding hydrogens is 281 g/mol. The third-order valence-corrected chi connectivity index (χ3v) is 3.59. The topological polar surface area (TPSA) is 48.5 Å². The Morgan fingerprint density at radius 3 is 2.85 bits per heavy atom. The van der Waals surface area contributed by atoms with E-state index in [-0.39, 0.29) is 17.7 Å². The Labute approximate surface area is 120 Å². The van der Waals surface area contributed by atoms with Crippen molar-refractivity contribution in [3.05, 3.63) is 42.0 Å². The zero-order valence-corrected chi connectivity index (χ0v) is 11.8. The summed E-state index contributed by atoms with van der Waals surface area (Å²) < 4.78 is 17.2. The second-order valence-corrected chi connectivity index (χ2v) is 4.91. The first kappa shape index (κ1) is 13.1. The molecule has 20 heavy (non-hydrogen) atoms. The molecule has 1 aromatic carbocycles. The predicted octanol–water partition coefficient (Wildman–Crippen LogP) is 2.65. The molecule has 7 heteroatoms. The van der Waals surface area contributed by atoms with Gasteiger partial charge in [0.1, 0.15) is 18.0 Å². The SMILES string of the molecule is CC(c1nncn1C)n1c(CCl)nc2ccc(F)cc21. The number of hydrogen-bond acceptors (Lipinski definition) is 3. The highest BCUT2D eigenvalue weighted by Crippen LogP contribution is 2.26. The highest BCUT2D eigenvalue weighted by Gasteiger charge is 2.20. The van der Waals surface area contributed by atoms with Crippen LogP contribution in [0.5, 0.6) is 0 Å². The number of rotatable bonds is 3. The number of fused-ring (bicyclic) bond motifs is 1. The van der Waals surface area contributed by atoms with Crippen LogP contribution in [0.25, 0.3) is 11.0 Å². The Morgan fingerprint density at radius 2 is 2.20 bits per heavy atom. The summed E-state index contributed by atoms with van der Waals surface area (Å²) in [6.45, 7) is 1.96. The summed E-state index contributed by atoms with van der Waals surface area (Å²) in [4.78, 5) is 4.44. The van der Waals surface area contributed by atoms with Crippen molar-refractivity contribution in [2.75, 3.05) is 0 Å². The number of aryl methyl sites for hydroxylation is 1. The largest absolute Gasteiger partial charge is 0.319 e. The highest BCUT2D eigenvalue weighted by atomic mass is 35.5. The van der Waals surface area contributed by atoms with Gasteiger partial charge in [-0.1, -0.05) is 0 Å². The normalized spacial score (nSPS) is 13.0. The molecule has 104 valence electrons. The zero-order valence-electron chi connectivity index (χ0n) is 11.1. The Morgan fingerprint density at radius 1 is 1.40 bits per heavy atom. The van der Waals surface area contributed by atoms with Gasteiger partial charge >= 0.3 is 0 Å². The fourth-order valence-corrected chi connectivity index (χ4v) is 2.62. The summed E-state index contributed by atoms with van der Waals surface area (Å²) in [6, 6.07) is 4.37. The first-order chi connectivity index (χ1) is 9.61. The molecule has 0 aliphatic carbocycles. The van der Waals surface area contributed by atoms with Gasteiger partial charge in [-0.05, 0) is 25.1 Å². The smallest absolute Gasteiger partial charge is 0.155 e. The number of halogens is 2. The van der Waals surface area contributed by atoms with Crippen LogP contribution in [-0.4, -0.2) is 24.3 Å². The number of hydrogen-bond donors (Lipinski definition) is 0. The minimum absolute atomic E-state index is 0.136. The van der Waals surface area contributed by atoms with Gasteiger partial charge in [-0.25, -0.2) is 9.37 Å². The number of nitrogens with zero attached hydrogens (tertiary/aromatic N) is 5. The lowest BCUT2D eigenvalue weighted by molar-refractivity contribution is 0.569. The third-order valence-electron chi connectivity index (χ3n) is 3.35. The molecule has 0 bridgehead atoms. The minimum atomic E-state index is -0.301. The number of alkyl halides is 1. The quantitative estimate of drug-likeness (QED) is 0.698. The van der Waals surface area contributed by atoms with E-state index in [1.54, 1.807) is 12.4 Å². The Kier molecular flexibility index (Phi) is 3.17. The summed E-state index contributed by atoms with van der Waals surface area (Å²) in [6.07, 6.45) is 1.63. The molecule has 1 unspecified atom stereocenters. The van der Waals surface area contributed by atoms with E-state index >= 15 is 0 Å². The van der Waals surface area contributed by atoms with Crippen molar-refractivity contribution in [1.29, 1.82) is 0 Å². The molecule has 0 N–H and O–H groups in total. The van der Waals surface area contributed by atoms with Crippen molar-refractivity contribution >= 4 is 22.6 Å². The second-order valence-electron chi connectivity index (χ2n) is 4.64. The molecule has 1 atom stereocenters. The lowest BCUT2D eigenvalue weighted by Crippen LogP contribution is -2.14. The molecular formula is C13H13ClFN5. The number of benzene rings is 1. The molecule has 0 saturated carbocycles. The molecule has 0 amide bonds. The van der Waals surface area contributed by atoms with Crippen molar-refractivity contribution in [3.63, 3.8) is 0 Å². The maximum atomic E-state index is 13.5. The lowest BCUT2D eigenvalue weighted by Gasteiger charge is -2.16. The fourth-order valence-electron chi connectivity index (χ4n) is 2.43. The van der Waals surface area contributed by atoms with E-state index in [4.69, 9.17) is 11.6 Å². The van der Waals surface area contributed by atoms with E-state index in [9.17, 15) is 4.39 Å². The lowest BCUT2D eigenvalue weighted by atomic mass is 10.2. The van der Waals surface area contributed by atoms with Gasteiger partial charge in [-0.2, -0.15) is 0 Å². The summed E-state index contributed by atoms with van der Waals surface area (Å²) in [5, 5.41) is 7.98. The van der Waals surface area contributed by atoms with Gasteiger partial charge in [-0.15, -0.1) is 21.8 Å². The van der Waals surface area contributed by atoms with Crippen LogP contribution in [0.3, 0.4) is 0 Å². The highest BCUT2D eigenvalue weighted by molar-refractivity contribution is 6.16. The number of imidazole rings is 1. The van der Waals surface area contributed by atoms with Crippen LogP contribution in [0.4, 0.5) is 4.39 Å². The van der Waals surface area contributed by atoms with E-state index in [1.165, 1.54) is 12.1 Å². The van der Waals surface area contributed by atoms with Gasteiger partial charge in [-0.3, -0.25) is 0 Å². The molecule has 2 heterocycles. The monoisotopic (exact) mass is 293 g/mol. The van der Waals surface area contributed by atoms with Gasteiger partial charge in [0.25, 0.3) is 0 Å². The first-order valence-electron chi connectivity index (χ1n) is 6.18. The van der Waals surface area contributed by atoms with Crippen molar-refractivity contribution < 1.29 is 4.39 Å². The molecule has 5 nitrogen and oxygen atoms in total. The summed E-state index contributed by atoms with van der Waals surface area (Å²) in [5.74, 6) is 1.39. The maximum absolute atomic E-state index is 13.5. The maximum Gasteiger partial charge on any atom is 0.155 e. The van der Waals surface area contributed by atoms with Gasteiger partial charge in [0.2, 0.25) is 0 Å². The summed E-state index contributed by atoms with van der Waals surface area (Å²) in [7, 11) is 1.87. The molecule has 3 aromatic rings. The van der Waals surface area contributed by atoms with Crippen LogP contribution in [0, 0.1) is 5.82 Å². The molecule has 0 radical (unpaired) electrons. The van der Waals surface area contributed by atoms with E-state index in [2.05, 4.69) is 15.2 Å². The molecule has 0 fully saturated rings. The van der Waals surface area contributed by atoms with Crippen LogP contribution in [0.2, 0.25) is 0 Å². The van der Waals surface area contributed by atoms with Gasteiger partial charge < -0.3 is 9.13 Å². The fraction of sp³-hybridized carbons (Fsp3) is 0.308. The standard InChI is InChI=1S/C13H13ClFN5/c1-8(13-18-16-7-19(13)2)20-11-5-9(15)3-4-10(11)17-12(20)6-14/h3-5,7-8H,6H2,1-2H3. The van der Waals surface area contributed by atoms with Crippen LogP contribution < -0.4 is 0 Å². The average molecular weight is 294 g/mol. The second kappa shape index (κ2) is 4.86. The summed E-state index contributed by atoms with van der Waals surface area (Å²) in [5.41, 5.74) is 1.42. The van der Waals surface area contributed by atoms with Crippen molar-refractivity contribution in [2.45, 2.75) is 18.8 Å². The molecule has 3 rings (SSSR count). The Hall–Kier alpha value is -1.95. The minimum Gasteiger partial charge on any atom is -0.319 e. The average Bonchev–Trinajstić information content (AvgIpc) is 3.00. The van der Waals surface area contributed by atoms with Crippen LogP contribution in [0.15, 0.2) is 24.5 Å². The zero-order chi connectivity index (χ0) is 14.3. The van der Waals surface area contributed by atoms with Gasteiger partial charge in [0.15, 0.2) is 5.82 Å². The summed E-state index contributed by atoms with van der Waals surface area (Å²) >= 11 is 5.97. The molecule has 0 spiro atoms. The molecule has 2 aromatic heterocycles. The molecule has 0 aliphatic rings. The molecule has 0 aliphatic heterocycles. The van der Waals surface area contributed by atoms with Crippen molar-refractivity contribution in [2.24, 2.45) is 7.05 Å². The molecule has 0 saturated heterocycles. The van der Waals surface area contributed by atoms with Crippen molar-refractivity contribution in [3.8, 4) is 0 Å². The Bertz CT molecular complexity index is 763. The van der Waals surface area contributed by atoms with E-state index in [0.29, 0.717) is 11.3 Å². The van der Waals surface area contributed by atoms with Gasteiger partial charge in [0, 0.05) is 7.05 Å². The van der Waals surface area contributed by atoms with Gasteiger partial charge in [0.05, 0.1) is 23.0 Å². The number of aromatic nitrogens is 5.